The number of hydrogen-bond acceptors (Lipinski definition) is 4. The van der Waals surface area contributed by atoms with Crippen molar-refractivity contribution in [2.75, 3.05) is 18.0 Å². The van der Waals surface area contributed by atoms with Crippen molar-refractivity contribution in [3.05, 3.63) is 34.6 Å². The van der Waals surface area contributed by atoms with Gasteiger partial charge in [0, 0.05) is 37.3 Å². The first-order valence-corrected chi connectivity index (χ1v) is 13.8. The summed E-state index contributed by atoms with van der Waals surface area (Å²) in [4.78, 5) is 23.8. The van der Waals surface area contributed by atoms with E-state index in [-0.39, 0.29) is 5.56 Å². The van der Waals surface area contributed by atoms with Crippen LogP contribution in [0.4, 0.5) is 5.82 Å². The summed E-state index contributed by atoms with van der Waals surface area (Å²) in [5.74, 6) is 2.64. The molecule has 3 aliphatic heterocycles. The number of rotatable bonds is 3. The lowest BCUT2D eigenvalue weighted by Gasteiger charge is -2.55. The standard InChI is InChI=1S/C28H38N4O/c33-28-27(30-12-5-13-30)29-25-10-1-2-11-26(25)32(28)24-17-21-8-4-9-22(18-24)31(21)23-15-19-6-3-7-20(14-19)16-23/h1-2,10-11,19-24H,3-9,12-18H2/t19-,20+,21-,22+,23+,24+. The van der Waals surface area contributed by atoms with Crippen molar-refractivity contribution in [1.29, 1.82) is 0 Å². The molecule has 0 radical (unpaired) electrons. The average Bonchev–Trinajstić information content (AvgIpc) is 2.77. The maximum absolute atomic E-state index is 13.8. The van der Waals surface area contributed by atoms with Crippen LogP contribution in [-0.2, 0) is 0 Å². The van der Waals surface area contributed by atoms with Crippen LogP contribution < -0.4 is 10.5 Å². The summed E-state index contributed by atoms with van der Waals surface area (Å²) in [6, 6.07) is 10.7. The number of para-hydroxylation sites is 2. The number of piperidine rings is 2. The van der Waals surface area contributed by atoms with Crippen LogP contribution in [0.15, 0.2) is 29.1 Å². The molecule has 5 fully saturated rings. The third kappa shape index (κ3) is 3.45. The lowest BCUT2D eigenvalue weighted by molar-refractivity contribution is -0.0485. The predicted octanol–water partition coefficient (Wildman–Crippen LogP) is 5.13. The molecule has 1 aromatic carbocycles. The minimum atomic E-state index is 0.150. The number of anilines is 1. The van der Waals surface area contributed by atoms with E-state index < -0.39 is 0 Å². The predicted molar refractivity (Wildman–Crippen MR) is 133 cm³/mol. The summed E-state index contributed by atoms with van der Waals surface area (Å²) in [6.45, 7) is 1.93. The van der Waals surface area contributed by atoms with Crippen LogP contribution in [0.25, 0.3) is 11.0 Å². The SMILES string of the molecule is O=c1c(N2CCC2)nc2ccccc2n1[C@H]1C[C@H]2CCC[C@@H](C1)N2[C@H]1C[C@@H]2CCC[C@@H](C2)C1. The molecule has 0 unspecified atom stereocenters. The van der Waals surface area contributed by atoms with Crippen LogP contribution >= 0.6 is 0 Å². The van der Waals surface area contributed by atoms with Gasteiger partial charge in [0.25, 0.3) is 5.56 Å². The van der Waals surface area contributed by atoms with Gasteiger partial charge in [-0.25, -0.2) is 4.98 Å². The van der Waals surface area contributed by atoms with Gasteiger partial charge >= 0.3 is 0 Å². The van der Waals surface area contributed by atoms with E-state index in [1.54, 1.807) is 0 Å². The van der Waals surface area contributed by atoms with E-state index in [1.165, 1.54) is 64.2 Å². The Bertz CT molecular complexity index is 1060. The molecule has 5 aliphatic rings. The topological polar surface area (TPSA) is 41.4 Å². The number of fused-ring (bicyclic) bond motifs is 5. The Kier molecular flexibility index (Phi) is 5.04. The van der Waals surface area contributed by atoms with Gasteiger partial charge in [-0.2, -0.15) is 0 Å². The largest absolute Gasteiger partial charge is 0.352 e. The number of nitrogens with zero attached hydrogens (tertiary/aromatic N) is 4. The second kappa shape index (κ2) is 8.11. The highest BCUT2D eigenvalue weighted by molar-refractivity contribution is 5.76. The van der Waals surface area contributed by atoms with Gasteiger partial charge < -0.3 is 9.47 Å². The molecule has 0 spiro atoms. The van der Waals surface area contributed by atoms with Crippen LogP contribution in [0.5, 0.6) is 0 Å². The second-order valence-electron chi connectivity index (χ2n) is 11.8. The van der Waals surface area contributed by atoms with E-state index in [0.717, 1.165) is 54.8 Å². The van der Waals surface area contributed by atoms with Crippen LogP contribution in [0, 0.1) is 11.8 Å². The molecule has 5 nitrogen and oxygen atoms in total. The molecule has 2 saturated carbocycles. The van der Waals surface area contributed by atoms with Gasteiger partial charge in [-0.15, -0.1) is 0 Å². The lowest BCUT2D eigenvalue weighted by Crippen LogP contribution is -2.58. The summed E-state index contributed by atoms with van der Waals surface area (Å²) >= 11 is 0. The Labute approximate surface area is 197 Å². The fraction of sp³-hybridized carbons (Fsp3) is 0.714. The van der Waals surface area contributed by atoms with Gasteiger partial charge in [-0.1, -0.05) is 37.8 Å². The zero-order valence-corrected chi connectivity index (χ0v) is 19.9. The fourth-order valence-corrected chi connectivity index (χ4v) is 8.37. The quantitative estimate of drug-likeness (QED) is 0.655. The molecule has 5 heteroatoms. The van der Waals surface area contributed by atoms with Crippen LogP contribution in [0.2, 0.25) is 0 Å². The van der Waals surface area contributed by atoms with Crippen molar-refractivity contribution in [2.45, 2.75) is 101 Å². The fourth-order valence-electron chi connectivity index (χ4n) is 8.37. The van der Waals surface area contributed by atoms with E-state index in [4.69, 9.17) is 4.98 Å². The van der Waals surface area contributed by atoms with Crippen molar-refractivity contribution >= 4 is 16.9 Å². The van der Waals surface area contributed by atoms with Gasteiger partial charge in [0.15, 0.2) is 5.82 Å². The monoisotopic (exact) mass is 446 g/mol. The second-order valence-corrected chi connectivity index (χ2v) is 11.8. The first kappa shape index (κ1) is 20.5. The molecule has 3 saturated heterocycles. The van der Waals surface area contributed by atoms with E-state index in [1.807, 2.05) is 0 Å². The summed E-state index contributed by atoms with van der Waals surface area (Å²) < 4.78 is 2.17. The zero-order valence-electron chi connectivity index (χ0n) is 19.9. The van der Waals surface area contributed by atoms with Gasteiger partial charge in [-0.05, 0) is 75.3 Å². The molecule has 0 amide bonds. The third-order valence-electron chi connectivity index (χ3n) is 9.83. The molecule has 2 aliphatic carbocycles. The molecule has 6 atom stereocenters. The van der Waals surface area contributed by atoms with Crippen LogP contribution in [-0.4, -0.2) is 45.7 Å². The maximum Gasteiger partial charge on any atom is 0.294 e. The van der Waals surface area contributed by atoms with Crippen molar-refractivity contribution in [3.8, 4) is 0 Å². The molecule has 4 bridgehead atoms. The summed E-state index contributed by atoms with van der Waals surface area (Å²) in [5, 5.41) is 0. The molecule has 4 heterocycles. The van der Waals surface area contributed by atoms with E-state index >= 15 is 0 Å². The molecule has 2 aromatic rings. The highest BCUT2D eigenvalue weighted by Crippen LogP contribution is 2.47. The normalized spacial score (nSPS) is 36.5. The Balaban J connectivity index is 1.23. The molecule has 176 valence electrons. The highest BCUT2D eigenvalue weighted by Gasteiger charge is 2.45. The summed E-state index contributed by atoms with van der Waals surface area (Å²) in [6.07, 6.45) is 16.2. The van der Waals surface area contributed by atoms with Gasteiger partial charge in [0.1, 0.15) is 0 Å². The summed E-state index contributed by atoms with van der Waals surface area (Å²) in [5.41, 5.74) is 2.17. The van der Waals surface area contributed by atoms with Gasteiger partial charge in [0.05, 0.1) is 11.0 Å². The minimum absolute atomic E-state index is 0.150. The van der Waals surface area contributed by atoms with Crippen molar-refractivity contribution < 1.29 is 0 Å². The minimum Gasteiger partial charge on any atom is -0.352 e. The van der Waals surface area contributed by atoms with Crippen LogP contribution in [0.1, 0.15) is 83.1 Å². The molecule has 1 aromatic heterocycles. The average molecular weight is 447 g/mol. The van der Waals surface area contributed by atoms with E-state index in [2.05, 4.69) is 38.6 Å². The van der Waals surface area contributed by atoms with Gasteiger partial charge in [0.2, 0.25) is 0 Å². The number of hydrogen-bond donors (Lipinski definition) is 0. The molecule has 0 N–H and O–H groups in total. The van der Waals surface area contributed by atoms with Crippen LogP contribution in [0.3, 0.4) is 0 Å². The van der Waals surface area contributed by atoms with Crippen molar-refractivity contribution in [3.63, 3.8) is 0 Å². The maximum atomic E-state index is 13.8. The molecular weight excluding hydrogens is 408 g/mol. The zero-order chi connectivity index (χ0) is 21.9. The number of aromatic nitrogens is 2. The van der Waals surface area contributed by atoms with Crippen molar-refractivity contribution in [1.82, 2.24) is 14.5 Å². The Morgan fingerprint density at radius 2 is 1.42 bits per heavy atom. The van der Waals surface area contributed by atoms with Crippen molar-refractivity contribution in [2.24, 2.45) is 11.8 Å². The van der Waals surface area contributed by atoms with E-state index in [0.29, 0.717) is 23.9 Å². The smallest absolute Gasteiger partial charge is 0.294 e. The van der Waals surface area contributed by atoms with E-state index in [9.17, 15) is 4.79 Å². The Morgan fingerprint density at radius 1 is 0.727 bits per heavy atom. The first-order valence-electron chi connectivity index (χ1n) is 13.8. The highest BCUT2D eigenvalue weighted by atomic mass is 16.1. The molecule has 33 heavy (non-hydrogen) atoms. The lowest BCUT2D eigenvalue weighted by atomic mass is 9.68. The van der Waals surface area contributed by atoms with Gasteiger partial charge in [-0.3, -0.25) is 9.69 Å². The third-order valence-corrected chi connectivity index (χ3v) is 9.83. The number of benzene rings is 1. The summed E-state index contributed by atoms with van der Waals surface area (Å²) in [7, 11) is 0. The first-order chi connectivity index (χ1) is 16.2. The molecule has 7 rings (SSSR count). The Morgan fingerprint density at radius 3 is 2.12 bits per heavy atom. The Hall–Kier alpha value is -1.88. The molecular formula is C28H38N4O.